The summed E-state index contributed by atoms with van der Waals surface area (Å²) in [5, 5.41) is 6.18. The van der Waals surface area contributed by atoms with Gasteiger partial charge in [0.15, 0.2) is 0 Å². The molecule has 0 saturated carbocycles. The molecule has 2 heterocycles. The van der Waals surface area contributed by atoms with Gasteiger partial charge in [-0.25, -0.2) is 9.50 Å². The first-order valence-electron chi connectivity index (χ1n) is 8.75. The quantitative estimate of drug-likeness (QED) is 0.432. The molecule has 0 aliphatic rings. The number of benzene rings is 2. The Morgan fingerprint density at radius 1 is 0.963 bits per heavy atom. The number of hydrogen-bond acceptors (Lipinski definition) is 4. The third-order valence-electron chi connectivity index (χ3n) is 4.57. The Morgan fingerprint density at radius 3 is 2.48 bits per heavy atom. The van der Waals surface area contributed by atoms with Crippen LogP contribution in [0.1, 0.15) is 28.1 Å². The number of rotatable bonds is 5. The Hall–Kier alpha value is -2.37. The Labute approximate surface area is 167 Å². The molecule has 0 aliphatic heterocycles. The third kappa shape index (κ3) is 3.84. The van der Waals surface area contributed by atoms with Gasteiger partial charge in [-0.1, -0.05) is 71.9 Å². The molecule has 0 amide bonds. The van der Waals surface area contributed by atoms with Crippen molar-refractivity contribution < 1.29 is 0 Å². The Kier molecular flexibility index (Phi) is 5.14. The molecule has 27 heavy (non-hydrogen) atoms. The second-order valence-electron chi connectivity index (χ2n) is 6.41. The van der Waals surface area contributed by atoms with Gasteiger partial charge in [0.25, 0.3) is 5.78 Å². The SMILES string of the molecule is Cc1nc2nc(SCc3ccccc3)nn2c(C)c1Cc1ccccc1Cl. The van der Waals surface area contributed by atoms with E-state index in [1.807, 2.05) is 53.9 Å². The van der Waals surface area contributed by atoms with Crippen LogP contribution in [0.3, 0.4) is 0 Å². The van der Waals surface area contributed by atoms with Crippen molar-refractivity contribution >= 4 is 29.1 Å². The first-order valence-corrected chi connectivity index (χ1v) is 10.1. The van der Waals surface area contributed by atoms with E-state index in [0.29, 0.717) is 5.78 Å². The van der Waals surface area contributed by atoms with Crippen molar-refractivity contribution in [3.63, 3.8) is 0 Å². The maximum Gasteiger partial charge on any atom is 0.253 e. The van der Waals surface area contributed by atoms with Crippen molar-refractivity contribution in [1.29, 1.82) is 0 Å². The molecular formula is C21H19ClN4S. The van der Waals surface area contributed by atoms with E-state index in [1.165, 1.54) is 5.56 Å². The van der Waals surface area contributed by atoms with Crippen molar-refractivity contribution in [2.45, 2.75) is 31.2 Å². The summed E-state index contributed by atoms with van der Waals surface area (Å²) in [5.74, 6) is 1.48. The Morgan fingerprint density at radius 2 is 1.70 bits per heavy atom. The second kappa shape index (κ2) is 7.71. The molecule has 2 aromatic carbocycles. The van der Waals surface area contributed by atoms with E-state index < -0.39 is 0 Å². The molecule has 4 nitrogen and oxygen atoms in total. The van der Waals surface area contributed by atoms with Gasteiger partial charge in [0.2, 0.25) is 5.16 Å². The first kappa shape index (κ1) is 18.0. The number of fused-ring (bicyclic) bond motifs is 1. The number of aryl methyl sites for hydroxylation is 2. The van der Waals surface area contributed by atoms with E-state index in [1.54, 1.807) is 11.8 Å². The maximum absolute atomic E-state index is 6.34. The highest BCUT2D eigenvalue weighted by molar-refractivity contribution is 7.98. The summed E-state index contributed by atoms with van der Waals surface area (Å²) in [6.45, 7) is 4.08. The topological polar surface area (TPSA) is 43.1 Å². The molecule has 136 valence electrons. The van der Waals surface area contributed by atoms with Gasteiger partial charge in [0.05, 0.1) is 0 Å². The standard InChI is InChI=1S/C21H19ClN4S/c1-14-18(12-17-10-6-7-11-19(17)22)15(2)26-20(23-14)24-21(25-26)27-13-16-8-4-3-5-9-16/h3-11H,12-13H2,1-2H3. The molecule has 4 aromatic rings. The number of hydrogen-bond donors (Lipinski definition) is 0. The van der Waals surface area contributed by atoms with Crippen LogP contribution in [0.5, 0.6) is 0 Å². The largest absolute Gasteiger partial charge is 0.253 e. The number of thioether (sulfide) groups is 1. The van der Waals surface area contributed by atoms with Crippen LogP contribution in [0, 0.1) is 13.8 Å². The number of nitrogens with zero attached hydrogens (tertiary/aromatic N) is 4. The lowest BCUT2D eigenvalue weighted by Gasteiger charge is -2.11. The summed E-state index contributed by atoms with van der Waals surface area (Å²) >= 11 is 7.96. The normalized spacial score (nSPS) is 11.2. The van der Waals surface area contributed by atoms with Gasteiger partial charge < -0.3 is 0 Å². The lowest BCUT2D eigenvalue weighted by molar-refractivity contribution is 0.823. The van der Waals surface area contributed by atoms with E-state index in [4.69, 9.17) is 11.6 Å². The highest BCUT2D eigenvalue weighted by atomic mass is 35.5. The highest BCUT2D eigenvalue weighted by Crippen LogP contribution is 2.25. The van der Waals surface area contributed by atoms with E-state index >= 15 is 0 Å². The van der Waals surface area contributed by atoms with Crippen LogP contribution in [-0.2, 0) is 12.2 Å². The van der Waals surface area contributed by atoms with Gasteiger partial charge in [-0.3, -0.25) is 0 Å². The number of aromatic nitrogens is 4. The minimum atomic E-state index is 0.642. The summed E-state index contributed by atoms with van der Waals surface area (Å²) in [6, 6.07) is 18.2. The van der Waals surface area contributed by atoms with Crippen LogP contribution in [-0.4, -0.2) is 19.6 Å². The highest BCUT2D eigenvalue weighted by Gasteiger charge is 2.15. The van der Waals surface area contributed by atoms with Gasteiger partial charge in [-0.15, -0.1) is 5.10 Å². The monoisotopic (exact) mass is 394 g/mol. The molecule has 0 radical (unpaired) electrons. The van der Waals surface area contributed by atoms with Crippen molar-refractivity contribution in [3.05, 3.63) is 87.7 Å². The molecule has 0 fully saturated rings. The maximum atomic E-state index is 6.34. The van der Waals surface area contributed by atoms with Gasteiger partial charge in [0.1, 0.15) is 0 Å². The molecule has 0 unspecified atom stereocenters. The fourth-order valence-corrected chi connectivity index (χ4v) is 4.04. The molecule has 2 aromatic heterocycles. The predicted octanol–water partition coefficient (Wildman–Crippen LogP) is 5.28. The molecule has 6 heteroatoms. The molecule has 0 N–H and O–H groups in total. The van der Waals surface area contributed by atoms with Crippen LogP contribution in [0.4, 0.5) is 0 Å². The van der Waals surface area contributed by atoms with Crippen molar-refractivity contribution in [2.75, 3.05) is 0 Å². The van der Waals surface area contributed by atoms with Crippen LogP contribution < -0.4 is 0 Å². The van der Waals surface area contributed by atoms with Crippen LogP contribution >= 0.6 is 23.4 Å². The number of halogens is 1. The van der Waals surface area contributed by atoms with E-state index in [0.717, 1.165) is 44.9 Å². The average molecular weight is 395 g/mol. The second-order valence-corrected chi connectivity index (χ2v) is 7.76. The summed E-state index contributed by atoms with van der Waals surface area (Å²) < 4.78 is 1.84. The fraction of sp³-hybridized carbons (Fsp3) is 0.190. The lowest BCUT2D eigenvalue weighted by Crippen LogP contribution is -2.06. The van der Waals surface area contributed by atoms with E-state index in [2.05, 4.69) is 34.1 Å². The fourth-order valence-electron chi connectivity index (χ4n) is 3.06. The molecule has 0 atom stereocenters. The predicted molar refractivity (Wildman–Crippen MR) is 111 cm³/mol. The summed E-state index contributed by atoms with van der Waals surface area (Å²) in [7, 11) is 0. The van der Waals surface area contributed by atoms with E-state index in [9.17, 15) is 0 Å². The zero-order chi connectivity index (χ0) is 18.8. The zero-order valence-electron chi connectivity index (χ0n) is 15.2. The molecule has 4 rings (SSSR count). The van der Waals surface area contributed by atoms with Crippen molar-refractivity contribution in [3.8, 4) is 0 Å². The molecule has 0 aliphatic carbocycles. The molecular weight excluding hydrogens is 376 g/mol. The third-order valence-corrected chi connectivity index (χ3v) is 5.84. The van der Waals surface area contributed by atoms with Crippen molar-refractivity contribution in [1.82, 2.24) is 19.6 Å². The molecule has 0 bridgehead atoms. The van der Waals surface area contributed by atoms with Crippen molar-refractivity contribution in [2.24, 2.45) is 0 Å². The van der Waals surface area contributed by atoms with E-state index in [-0.39, 0.29) is 0 Å². The smallest absolute Gasteiger partial charge is 0.216 e. The summed E-state index contributed by atoms with van der Waals surface area (Å²) in [5.41, 5.74) is 5.50. The Bertz CT molecular complexity index is 1090. The Balaban J connectivity index is 1.64. The summed E-state index contributed by atoms with van der Waals surface area (Å²) in [4.78, 5) is 9.26. The lowest BCUT2D eigenvalue weighted by atomic mass is 10.0. The summed E-state index contributed by atoms with van der Waals surface area (Å²) in [6.07, 6.45) is 0.729. The van der Waals surface area contributed by atoms with Gasteiger partial charge in [-0.2, -0.15) is 4.98 Å². The minimum absolute atomic E-state index is 0.642. The van der Waals surface area contributed by atoms with Crippen LogP contribution in [0.25, 0.3) is 5.78 Å². The zero-order valence-corrected chi connectivity index (χ0v) is 16.8. The van der Waals surface area contributed by atoms with Gasteiger partial charge in [0, 0.05) is 28.6 Å². The van der Waals surface area contributed by atoms with Gasteiger partial charge >= 0.3 is 0 Å². The molecule has 0 saturated heterocycles. The average Bonchev–Trinajstić information content (AvgIpc) is 3.09. The first-order chi connectivity index (χ1) is 13.1. The van der Waals surface area contributed by atoms with Crippen LogP contribution in [0.15, 0.2) is 59.8 Å². The molecule has 0 spiro atoms. The van der Waals surface area contributed by atoms with Crippen LogP contribution in [0.2, 0.25) is 5.02 Å². The minimum Gasteiger partial charge on any atom is -0.216 e. The van der Waals surface area contributed by atoms with Gasteiger partial charge in [-0.05, 0) is 36.6 Å².